The van der Waals surface area contributed by atoms with E-state index in [2.05, 4.69) is 10.1 Å². The summed E-state index contributed by atoms with van der Waals surface area (Å²) in [5.41, 5.74) is -0.118. The van der Waals surface area contributed by atoms with Gasteiger partial charge in [0.15, 0.2) is 0 Å². The first kappa shape index (κ1) is 17.0. The molecule has 0 spiro atoms. The van der Waals surface area contributed by atoms with Gasteiger partial charge in [0, 0.05) is 38.0 Å². The lowest BCUT2D eigenvalue weighted by Gasteiger charge is -2.37. The van der Waals surface area contributed by atoms with Gasteiger partial charge in [0.1, 0.15) is 5.82 Å². The summed E-state index contributed by atoms with van der Waals surface area (Å²) in [5.74, 6) is 1.59. The van der Waals surface area contributed by atoms with Crippen LogP contribution in [0, 0.1) is 5.92 Å². The number of hydrogen-bond acceptors (Lipinski definition) is 4. The van der Waals surface area contributed by atoms with Gasteiger partial charge in [-0.2, -0.15) is 5.10 Å². The molecule has 8 nitrogen and oxygen atoms in total. The Labute approximate surface area is 157 Å². The fourth-order valence-corrected chi connectivity index (χ4v) is 4.54. The molecule has 1 N–H and O–H groups in total. The lowest BCUT2D eigenvalue weighted by molar-refractivity contribution is -0.144. The number of nitrogens with zero attached hydrogens (tertiary/aromatic N) is 4. The molecule has 5 rings (SSSR count). The summed E-state index contributed by atoms with van der Waals surface area (Å²) >= 11 is 0. The van der Waals surface area contributed by atoms with E-state index in [0.717, 1.165) is 44.3 Å². The SMILES string of the molecule is O=C(C1CCC(=O)N(C2CC2)C1)N1CCC(n2nc(C3CC3)[nH]c2=O)CC1. The molecule has 4 fully saturated rings. The number of carbonyl (C=O) groups excluding carboxylic acids is 2. The number of rotatable bonds is 4. The number of amides is 2. The molecule has 0 bridgehead atoms. The Morgan fingerprint density at radius 3 is 2.37 bits per heavy atom. The molecule has 8 heteroatoms. The van der Waals surface area contributed by atoms with Crippen molar-refractivity contribution in [2.24, 2.45) is 5.92 Å². The molecule has 2 amide bonds. The van der Waals surface area contributed by atoms with E-state index in [-0.39, 0.29) is 29.5 Å². The van der Waals surface area contributed by atoms with Gasteiger partial charge in [-0.05, 0) is 44.9 Å². The number of aromatic amines is 1. The van der Waals surface area contributed by atoms with Crippen molar-refractivity contribution in [2.75, 3.05) is 19.6 Å². The third-order valence-electron chi connectivity index (χ3n) is 6.53. The molecule has 2 saturated carbocycles. The highest BCUT2D eigenvalue weighted by atomic mass is 16.2. The van der Waals surface area contributed by atoms with Crippen molar-refractivity contribution >= 4 is 11.8 Å². The van der Waals surface area contributed by atoms with Gasteiger partial charge in [0.25, 0.3) is 0 Å². The first-order chi connectivity index (χ1) is 13.1. The van der Waals surface area contributed by atoms with Gasteiger partial charge < -0.3 is 9.80 Å². The van der Waals surface area contributed by atoms with Crippen molar-refractivity contribution < 1.29 is 9.59 Å². The van der Waals surface area contributed by atoms with Crippen LogP contribution >= 0.6 is 0 Å². The molecule has 2 aliphatic heterocycles. The van der Waals surface area contributed by atoms with Crippen molar-refractivity contribution in [3.63, 3.8) is 0 Å². The second-order valence-electron chi connectivity index (χ2n) is 8.60. The van der Waals surface area contributed by atoms with Gasteiger partial charge in [0.2, 0.25) is 11.8 Å². The van der Waals surface area contributed by atoms with Crippen LogP contribution in [0.1, 0.15) is 69.2 Å². The first-order valence-corrected chi connectivity index (χ1v) is 10.4. The first-order valence-electron chi connectivity index (χ1n) is 10.4. The Morgan fingerprint density at radius 2 is 1.70 bits per heavy atom. The molecule has 2 saturated heterocycles. The normalized spacial score (nSPS) is 27.3. The number of piperidine rings is 2. The van der Waals surface area contributed by atoms with Crippen LogP contribution < -0.4 is 5.69 Å². The number of carbonyl (C=O) groups is 2. The minimum atomic E-state index is -0.118. The Bertz CT molecular complexity index is 799. The van der Waals surface area contributed by atoms with Crippen LogP contribution in [0.15, 0.2) is 4.79 Å². The monoisotopic (exact) mass is 373 g/mol. The maximum atomic E-state index is 13.0. The van der Waals surface area contributed by atoms with Crippen molar-refractivity contribution in [3.05, 3.63) is 16.3 Å². The maximum absolute atomic E-state index is 13.0. The molecule has 1 unspecified atom stereocenters. The van der Waals surface area contributed by atoms with Crippen molar-refractivity contribution in [1.29, 1.82) is 0 Å². The Balaban J connectivity index is 1.19. The maximum Gasteiger partial charge on any atom is 0.343 e. The quantitative estimate of drug-likeness (QED) is 0.853. The van der Waals surface area contributed by atoms with Crippen LogP contribution in [0.5, 0.6) is 0 Å². The topological polar surface area (TPSA) is 91.3 Å². The zero-order chi connectivity index (χ0) is 18.5. The Hall–Kier alpha value is -2.12. The highest BCUT2D eigenvalue weighted by Crippen LogP contribution is 2.38. The molecule has 1 aromatic rings. The van der Waals surface area contributed by atoms with Gasteiger partial charge in [-0.15, -0.1) is 0 Å². The van der Waals surface area contributed by atoms with Gasteiger partial charge in [-0.3, -0.25) is 14.6 Å². The van der Waals surface area contributed by atoms with Crippen LogP contribution in [0.2, 0.25) is 0 Å². The second kappa shape index (κ2) is 6.49. The van der Waals surface area contributed by atoms with Gasteiger partial charge in [-0.1, -0.05) is 0 Å². The minimum absolute atomic E-state index is 0.0607. The minimum Gasteiger partial charge on any atom is -0.342 e. The summed E-state index contributed by atoms with van der Waals surface area (Å²) in [6.45, 7) is 1.91. The molecule has 27 heavy (non-hydrogen) atoms. The lowest BCUT2D eigenvalue weighted by Crippen LogP contribution is -2.49. The molecule has 0 radical (unpaired) electrons. The van der Waals surface area contributed by atoms with Gasteiger partial charge in [-0.25, -0.2) is 9.48 Å². The summed E-state index contributed by atoms with van der Waals surface area (Å²) in [6, 6.07) is 0.451. The molecule has 4 aliphatic rings. The molecular formula is C19H27N5O3. The fraction of sp³-hybridized carbons (Fsp3) is 0.789. The molecule has 2 aliphatic carbocycles. The predicted molar refractivity (Wildman–Crippen MR) is 97.1 cm³/mol. The predicted octanol–water partition coefficient (Wildman–Crippen LogP) is 1.01. The van der Waals surface area contributed by atoms with E-state index in [1.54, 1.807) is 4.68 Å². The number of H-pyrrole nitrogens is 1. The van der Waals surface area contributed by atoms with Crippen LogP contribution in [0.3, 0.4) is 0 Å². The number of aromatic nitrogens is 3. The highest BCUT2D eigenvalue weighted by molar-refractivity contribution is 5.84. The van der Waals surface area contributed by atoms with Crippen LogP contribution in [-0.2, 0) is 9.59 Å². The summed E-state index contributed by atoms with van der Waals surface area (Å²) < 4.78 is 1.60. The molecular weight excluding hydrogens is 346 g/mol. The largest absolute Gasteiger partial charge is 0.343 e. The standard InChI is InChI=1S/C19H27N5O3/c25-16-6-3-13(11-23(16)14-4-5-14)18(26)22-9-7-15(8-10-22)24-19(27)20-17(21-24)12-1-2-12/h12-15H,1-11H2,(H,20,21,27). The molecule has 1 aromatic heterocycles. The summed E-state index contributed by atoms with van der Waals surface area (Å²) in [7, 11) is 0. The second-order valence-corrected chi connectivity index (χ2v) is 8.60. The van der Waals surface area contributed by atoms with E-state index >= 15 is 0 Å². The number of likely N-dealkylation sites (tertiary alicyclic amines) is 2. The summed E-state index contributed by atoms with van der Waals surface area (Å²) in [4.78, 5) is 44.0. The van der Waals surface area contributed by atoms with Crippen molar-refractivity contribution in [1.82, 2.24) is 24.6 Å². The molecule has 146 valence electrons. The number of nitrogens with one attached hydrogen (secondary N) is 1. The zero-order valence-corrected chi connectivity index (χ0v) is 15.6. The van der Waals surface area contributed by atoms with Crippen LogP contribution in [-0.4, -0.2) is 62.1 Å². The van der Waals surface area contributed by atoms with E-state index in [4.69, 9.17) is 0 Å². The lowest BCUT2D eigenvalue weighted by atomic mass is 9.94. The van der Waals surface area contributed by atoms with Crippen molar-refractivity contribution in [3.8, 4) is 0 Å². The fourth-order valence-electron chi connectivity index (χ4n) is 4.54. The Morgan fingerprint density at radius 1 is 0.963 bits per heavy atom. The molecule has 1 atom stereocenters. The summed E-state index contributed by atoms with van der Waals surface area (Å²) in [6.07, 6.45) is 7.08. The van der Waals surface area contributed by atoms with E-state index in [1.807, 2.05) is 9.80 Å². The van der Waals surface area contributed by atoms with E-state index in [9.17, 15) is 14.4 Å². The van der Waals surface area contributed by atoms with E-state index in [1.165, 1.54) is 0 Å². The third kappa shape index (κ3) is 3.30. The zero-order valence-electron chi connectivity index (χ0n) is 15.6. The average Bonchev–Trinajstić information content (AvgIpc) is 3.60. The van der Waals surface area contributed by atoms with Crippen molar-refractivity contribution in [2.45, 2.75) is 69.4 Å². The highest BCUT2D eigenvalue weighted by Gasteiger charge is 2.40. The molecule has 0 aromatic carbocycles. The van der Waals surface area contributed by atoms with Gasteiger partial charge in [0.05, 0.1) is 12.0 Å². The van der Waals surface area contributed by atoms with Crippen LogP contribution in [0.25, 0.3) is 0 Å². The smallest absolute Gasteiger partial charge is 0.342 e. The Kier molecular flexibility index (Phi) is 4.09. The third-order valence-corrected chi connectivity index (χ3v) is 6.53. The summed E-state index contributed by atoms with van der Waals surface area (Å²) in [5, 5.41) is 4.50. The molecule has 3 heterocycles. The average molecular weight is 373 g/mol. The van der Waals surface area contributed by atoms with Gasteiger partial charge >= 0.3 is 5.69 Å². The van der Waals surface area contributed by atoms with E-state index in [0.29, 0.717) is 44.4 Å². The van der Waals surface area contributed by atoms with Crippen LogP contribution in [0.4, 0.5) is 0 Å². The number of hydrogen-bond donors (Lipinski definition) is 1. The van der Waals surface area contributed by atoms with E-state index < -0.39 is 0 Å².